The van der Waals surface area contributed by atoms with Crippen LogP contribution in [0, 0.1) is 6.92 Å². The Morgan fingerprint density at radius 1 is 1.19 bits per heavy atom. The average molecular weight is 222 g/mol. The number of nitrogens with one attached hydrogen (secondary N) is 2. The highest BCUT2D eigenvalue weighted by Crippen LogP contribution is 2.12. The fraction of sp³-hybridized carbons (Fsp3) is 0.538. The molecule has 0 aromatic heterocycles. The standard InChI is InChI=1S/C13H22N2O/c1-10(2)14-8-12(16)9-15-13-7-5-4-6-11(13)3/h4-7,10,12,14-16H,8-9H2,1-3H3. The molecule has 0 saturated heterocycles. The molecule has 3 N–H and O–H groups in total. The van der Waals surface area contributed by atoms with Gasteiger partial charge in [-0.05, 0) is 18.6 Å². The maximum atomic E-state index is 9.73. The number of hydrogen-bond donors (Lipinski definition) is 3. The number of anilines is 1. The van der Waals surface area contributed by atoms with Crippen LogP contribution in [0.15, 0.2) is 24.3 Å². The summed E-state index contributed by atoms with van der Waals surface area (Å²) in [6.45, 7) is 7.39. The van der Waals surface area contributed by atoms with Crippen LogP contribution in [0.25, 0.3) is 0 Å². The molecule has 0 spiro atoms. The summed E-state index contributed by atoms with van der Waals surface area (Å²) in [6.07, 6.45) is -0.359. The lowest BCUT2D eigenvalue weighted by molar-refractivity contribution is 0.181. The van der Waals surface area contributed by atoms with E-state index in [4.69, 9.17) is 0 Å². The quantitative estimate of drug-likeness (QED) is 0.687. The van der Waals surface area contributed by atoms with Crippen molar-refractivity contribution in [3.8, 4) is 0 Å². The molecule has 0 heterocycles. The van der Waals surface area contributed by atoms with Gasteiger partial charge in [0, 0.05) is 24.8 Å². The molecule has 3 heteroatoms. The van der Waals surface area contributed by atoms with E-state index in [0.717, 1.165) is 5.69 Å². The molecule has 3 nitrogen and oxygen atoms in total. The smallest absolute Gasteiger partial charge is 0.0836 e. The zero-order valence-corrected chi connectivity index (χ0v) is 10.3. The summed E-state index contributed by atoms with van der Waals surface area (Å²) in [4.78, 5) is 0. The minimum absolute atomic E-state index is 0.359. The second-order valence-corrected chi connectivity index (χ2v) is 4.41. The van der Waals surface area contributed by atoms with Crippen LogP contribution in [-0.2, 0) is 0 Å². The predicted octanol–water partition coefficient (Wildman–Crippen LogP) is 1.77. The van der Waals surface area contributed by atoms with Crippen molar-refractivity contribution in [2.75, 3.05) is 18.4 Å². The van der Waals surface area contributed by atoms with Crippen molar-refractivity contribution in [2.45, 2.75) is 32.9 Å². The minimum atomic E-state index is -0.359. The molecule has 0 aliphatic rings. The second kappa shape index (κ2) is 6.51. The van der Waals surface area contributed by atoms with Gasteiger partial charge in [0.2, 0.25) is 0 Å². The van der Waals surface area contributed by atoms with E-state index in [2.05, 4.69) is 37.5 Å². The van der Waals surface area contributed by atoms with Crippen molar-refractivity contribution in [3.63, 3.8) is 0 Å². The van der Waals surface area contributed by atoms with Gasteiger partial charge < -0.3 is 15.7 Å². The van der Waals surface area contributed by atoms with E-state index in [1.807, 2.05) is 18.2 Å². The van der Waals surface area contributed by atoms with Crippen molar-refractivity contribution < 1.29 is 5.11 Å². The summed E-state index contributed by atoms with van der Waals surface area (Å²) < 4.78 is 0. The van der Waals surface area contributed by atoms with Crippen LogP contribution in [0.5, 0.6) is 0 Å². The van der Waals surface area contributed by atoms with E-state index in [9.17, 15) is 5.11 Å². The van der Waals surface area contributed by atoms with Gasteiger partial charge in [-0.1, -0.05) is 32.0 Å². The molecule has 0 radical (unpaired) electrons. The molecule has 1 unspecified atom stereocenters. The molecule has 0 aliphatic heterocycles. The molecule has 0 saturated carbocycles. The lowest BCUT2D eigenvalue weighted by Gasteiger charge is -2.16. The Bertz CT molecular complexity index is 313. The number of aryl methyl sites for hydroxylation is 1. The van der Waals surface area contributed by atoms with Crippen LogP contribution in [0.1, 0.15) is 19.4 Å². The van der Waals surface area contributed by atoms with Gasteiger partial charge in [0.1, 0.15) is 0 Å². The summed E-state index contributed by atoms with van der Waals surface area (Å²) >= 11 is 0. The number of hydrogen-bond acceptors (Lipinski definition) is 3. The van der Waals surface area contributed by atoms with Gasteiger partial charge in [0.25, 0.3) is 0 Å². The maximum Gasteiger partial charge on any atom is 0.0836 e. The van der Waals surface area contributed by atoms with Gasteiger partial charge in [0.15, 0.2) is 0 Å². The highest BCUT2D eigenvalue weighted by Gasteiger charge is 2.05. The number of aliphatic hydroxyl groups is 1. The lowest BCUT2D eigenvalue weighted by Crippen LogP contribution is -2.35. The summed E-state index contributed by atoms with van der Waals surface area (Å²) in [5.74, 6) is 0. The maximum absolute atomic E-state index is 9.73. The molecule has 90 valence electrons. The van der Waals surface area contributed by atoms with Gasteiger partial charge in [-0.2, -0.15) is 0 Å². The topological polar surface area (TPSA) is 44.3 Å². The third-order valence-electron chi connectivity index (χ3n) is 2.43. The molecule has 16 heavy (non-hydrogen) atoms. The van der Waals surface area contributed by atoms with E-state index >= 15 is 0 Å². The number of aliphatic hydroxyl groups excluding tert-OH is 1. The first-order chi connectivity index (χ1) is 7.59. The zero-order valence-electron chi connectivity index (χ0n) is 10.3. The molecular weight excluding hydrogens is 200 g/mol. The van der Waals surface area contributed by atoms with E-state index in [-0.39, 0.29) is 6.10 Å². The first kappa shape index (κ1) is 13.0. The normalized spacial score (nSPS) is 12.8. The van der Waals surface area contributed by atoms with Gasteiger partial charge in [-0.25, -0.2) is 0 Å². The lowest BCUT2D eigenvalue weighted by atomic mass is 10.2. The molecular formula is C13H22N2O. The van der Waals surface area contributed by atoms with Crippen LogP contribution in [0.4, 0.5) is 5.69 Å². The molecule has 0 fully saturated rings. The Kier molecular flexibility index (Phi) is 5.29. The molecule has 1 atom stereocenters. The van der Waals surface area contributed by atoms with Crippen molar-refractivity contribution in [2.24, 2.45) is 0 Å². The van der Waals surface area contributed by atoms with Crippen LogP contribution >= 0.6 is 0 Å². The number of benzene rings is 1. The van der Waals surface area contributed by atoms with E-state index in [1.54, 1.807) is 0 Å². The number of para-hydroxylation sites is 1. The van der Waals surface area contributed by atoms with Gasteiger partial charge in [0.05, 0.1) is 6.10 Å². The second-order valence-electron chi connectivity index (χ2n) is 4.41. The molecule has 0 amide bonds. The molecule has 1 aromatic rings. The summed E-state index contributed by atoms with van der Waals surface area (Å²) in [5, 5.41) is 16.2. The summed E-state index contributed by atoms with van der Waals surface area (Å²) in [5.41, 5.74) is 2.29. The highest BCUT2D eigenvalue weighted by molar-refractivity contribution is 5.50. The first-order valence-corrected chi connectivity index (χ1v) is 5.80. The SMILES string of the molecule is Cc1ccccc1NCC(O)CNC(C)C. The summed E-state index contributed by atoms with van der Waals surface area (Å²) in [7, 11) is 0. The van der Waals surface area contributed by atoms with E-state index < -0.39 is 0 Å². The molecule has 0 bridgehead atoms. The van der Waals surface area contributed by atoms with Gasteiger partial charge >= 0.3 is 0 Å². The van der Waals surface area contributed by atoms with E-state index in [0.29, 0.717) is 19.1 Å². The van der Waals surface area contributed by atoms with E-state index in [1.165, 1.54) is 5.56 Å². The third kappa shape index (κ3) is 4.64. The van der Waals surface area contributed by atoms with Crippen LogP contribution in [0.2, 0.25) is 0 Å². The van der Waals surface area contributed by atoms with Crippen molar-refractivity contribution in [1.82, 2.24) is 5.32 Å². The Morgan fingerprint density at radius 2 is 1.88 bits per heavy atom. The van der Waals surface area contributed by atoms with Crippen LogP contribution in [-0.4, -0.2) is 30.3 Å². The molecule has 1 rings (SSSR count). The first-order valence-electron chi connectivity index (χ1n) is 5.80. The van der Waals surface area contributed by atoms with Crippen molar-refractivity contribution in [3.05, 3.63) is 29.8 Å². The van der Waals surface area contributed by atoms with Crippen LogP contribution in [0.3, 0.4) is 0 Å². The monoisotopic (exact) mass is 222 g/mol. The zero-order chi connectivity index (χ0) is 12.0. The van der Waals surface area contributed by atoms with Gasteiger partial charge in [-0.15, -0.1) is 0 Å². The molecule has 0 aliphatic carbocycles. The minimum Gasteiger partial charge on any atom is -0.390 e. The largest absolute Gasteiger partial charge is 0.390 e. The third-order valence-corrected chi connectivity index (χ3v) is 2.43. The highest BCUT2D eigenvalue weighted by atomic mass is 16.3. The molecule has 1 aromatic carbocycles. The van der Waals surface area contributed by atoms with Gasteiger partial charge in [-0.3, -0.25) is 0 Å². The summed E-state index contributed by atoms with van der Waals surface area (Å²) in [6, 6.07) is 8.50. The Hall–Kier alpha value is -1.06. The Balaban J connectivity index is 2.31. The Labute approximate surface area is 97.9 Å². The fourth-order valence-electron chi connectivity index (χ4n) is 1.44. The number of rotatable bonds is 6. The van der Waals surface area contributed by atoms with Crippen LogP contribution < -0.4 is 10.6 Å². The fourth-order valence-corrected chi connectivity index (χ4v) is 1.44. The Morgan fingerprint density at radius 3 is 2.50 bits per heavy atom. The predicted molar refractivity (Wildman–Crippen MR) is 68.8 cm³/mol. The van der Waals surface area contributed by atoms with Crippen molar-refractivity contribution >= 4 is 5.69 Å². The average Bonchev–Trinajstić information content (AvgIpc) is 2.25. The van der Waals surface area contributed by atoms with Crippen molar-refractivity contribution in [1.29, 1.82) is 0 Å².